The minimum atomic E-state index is -0.613. The molecule has 0 aliphatic carbocycles. The van der Waals surface area contributed by atoms with Gasteiger partial charge in [0.25, 0.3) is 0 Å². The molecule has 2 rings (SSSR count). The van der Waals surface area contributed by atoms with E-state index in [0.717, 1.165) is 25.8 Å². The van der Waals surface area contributed by atoms with Gasteiger partial charge in [-0.25, -0.2) is 0 Å². The molecule has 1 N–H and O–H groups in total. The Morgan fingerprint density at radius 1 is 1.50 bits per heavy atom. The van der Waals surface area contributed by atoms with Gasteiger partial charge in [-0.2, -0.15) is 0 Å². The second kappa shape index (κ2) is 7.22. The zero-order valence-corrected chi connectivity index (χ0v) is 12.5. The van der Waals surface area contributed by atoms with Gasteiger partial charge in [-0.15, -0.1) is 0 Å². The van der Waals surface area contributed by atoms with Gasteiger partial charge < -0.3 is 9.84 Å². The molecule has 120 valence electrons. The SMILES string of the molecule is CCOC(=O)C1CCCCN1Cc1ccc(O)c([N+](=O)[O-])c1. The van der Waals surface area contributed by atoms with Crippen molar-refractivity contribution < 1.29 is 19.6 Å². The summed E-state index contributed by atoms with van der Waals surface area (Å²) in [6.07, 6.45) is 2.69. The number of nitro groups is 1. The van der Waals surface area contributed by atoms with Crippen molar-refractivity contribution in [3.63, 3.8) is 0 Å². The van der Waals surface area contributed by atoms with Crippen LogP contribution in [0.5, 0.6) is 5.75 Å². The number of carbonyl (C=O) groups is 1. The second-order valence-corrected chi connectivity index (χ2v) is 5.31. The van der Waals surface area contributed by atoms with Crippen molar-refractivity contribution in [2.45, 2.75) is 38.8 Å². The van der Waals surface area contributed by atoms with E-state index in [0.29, 0.717) is 18.7 Å². The number of nitro benzene ring substituents is 1. The minimum Gasteiger partial charge on any atom is -0.502 e. The topological polar surface area (TPSA) is 92.9 Å². The van der Waals surface area contributed by atoms with Gasteiger partial charge in [-0.05, 0) is 37.9 Å². The Morgan fingerprint density at radius 2 is 2.27 bits per heavy atom. The van der Waals surface area contributed by atoms with Crippen LogP contribution in [0.4, 0.5) is 5.69 Å². The van der Waals surface area contributed by atoms with Crippen LogP contribution in [0.15, 0.2) is 18.2 Å². The Kier molecular flexibility index (Phi) is 5.32. The Balaban J connectivity index is 2.15. The van der Waals surface area contributed by atoms with Crippen LogP contribution in [0.1, 0.15) is 31.7 Å². The quantitative estimate of drug-likeness (QED) is 0.509. The number of nitrogens with zero attached hydrogens (tertiary/aromatic N) is 2. The molecule has 0 amide bonds. The highest BCUT2D eigenvalue weighted by Crippen LogP contribution is 2.28. The number of hydrogen-bond acceptors (Lipinski definition) is 6. The first-order valence-corrected chi connectivity index (χ1v) is 7.40. The predicted octanol–water partition coefficient (Wildman–Crippen LogP) is 2.22. The molecule has 1 aliphatic heterocycles. The lowest BCUT2D eigenvalue weighted by molar-refractivity contribution is -0.385. The van der Waals surface area contributed by atoms with Crippen LogP contribution >= 0.6 is 0 Å². The number of hydrogen-bond donors (Lipinski definition) is 1. The third-order valence-corrected chi connectivity index (χ3v) is 3.79. The highest BCUT2D eigenvalue weighted by atomic mass is 16.6. The number of phenolic OH excluding ortho intramolecular Hbond substituents is 1. The Bertz CT molecular complexity index is 561. The van der Waals surface area contributed by atoms with Crippen molar-refractivity contribution in [1.82, 2.24) is 4.90 Å². The van der Waals surface area contributed by atoms with Crippen LogP contribution in [0, 0.1) is 10.1 Å². The van der Waals surface area contributed by atoms with Crippen molar-refractivity contribution in [3.8, 4) is 5.75 Å². The Hall–Kier alpha value is -2.15. The second-order valence-electron chi connectivity index (χ2n) is 5.31. The van der Waals surface area contributed by atoms with Crippen LogP contribution in [-0.2, 0) is 16.1 Å². The summed E-state index contributed by atoms with van der Waals surface area (Å²) in [5.74, 6) is -0.593. The van der Waals surface area contributed by atoms with Crippen LogP contribution in [0.2, 0.25) is 0 Å². The van der Waals surface area contributed by atoms with Crippen LogP contribution in [-0.4, -0.2) is 40.1 Å². The molecule has 0 aromatic heterocycles. The van der Waals surface area contributed by atoms with Gasteiger partial charge in [0, 0.05) is 12.6 Å². The summed E-state index contributed by atoms with van der Waals surface area (Å²) in [6, 6.07) is 4.00. The lowest BCUT2D eigenvalue weighted by Crippen LogP contribution is -2.44. The summed E-state index contributed by atoms with van der Waals surface area (Å²) in [7, 11) is 0. The third kappa shape index (κ3) is 3.73. The van der Waals surface area contributed by atoms with E-state index in [1.807, 2.05) is 4.90 Å². The molecule has 0 spiro atoms. The molecule has 7 nitrogen and oxygen atoms in total. The fourth-order valence-electron chi connectivity index (χ4n) is 2.73. The van der Waals surface area contributed by atoms with Crippen molar-refractivity contribution in [2.75, 3.05) is 13.2 Å². The molecule has 22 heavy (non-hydrogen) atoms. The first-order chi connectivity index (χ1) is 10.5. The number of benzene rings is 1. The number of carbonyl (C=O) groups excluding carboxylic acids is 1. The summed E-state index contributed by atoms with van der Waals surface area (Å²) in [5, 5.41) is 20.4. The summed E-state index contributed by atoms with van der Waals surface area (Å²) in [5.41, 5.74) is 0.378. The van der Waals surface area contributed by atoms with Gasteiger partial charge in [-0.1, -0.05) is 12.5 Å². The van der Waals surface area contributed by atoms with Crippen LogP contribution in [0.3, 0.4) is 0 Å². The molecular weight excluding hydrogens is 288 g/mol. The zero-order chi connectivity index (χ0) is 16.1. The monoisotopic (exact) mass is 308 g/mol. The molecule has 1 heterocycles. The van der Waals surface area contributed by atoms with E-state index in [2.05, 4.69) is 0 Å². The smallest absolute Gasteiger partial charge is 0.323 e. The molecule has 1 unspecified atom stereocenters. The molecule has 1 aliphatic rings. The fraction of sp³-hybridized carbons (Fsp3) is 0.533. The van der Waals surface area contributed by atoms with Gasteiger partial charge >= 0.3 is 11.7 Å². The maximum atomic E-state index is 12.0. The summed E-state index contributed by atoms with van der Waals surface area (Å²) >= 11 is 0. The largest absolute Gasteiger partial charge is 0.502 e. The predicted molar refractivity (Wildman–Crippen MR) is 79.4 cm³/mol. The van der Waals surface area contributed by atoms with Crippen molar-refractivity contribution in [1.29, 1.82) is 0 Å². The fourth-order valence-corrected chi connectivity index (χ4v) is 2.73. The molecule has 1 saturated heterocycles. The maximum Gasteiger partial charge on any atom is 0.323 e. The number of likely N-dealkylation sites (tertiary alicyclic amines) is 1. The molecule has 7 heteroatoms. The number of esters is 1. The molecule has 0 bridgehead atoms. The zero-order valence-electron chi connectivity index (χ0n) is 12.5. The minimum absolute atomic E-state index is 0.240. The van der Waals surface area contributed by atoms with E-state index >= 15 is 0 Å². The number of phenols is 1. The lowest BCUT2D eigenvalue weighted by atomic mass is 10.0. The van der Waals surface area contributed by atoms with Gasteiger partial charge in [0.05, 0.1) is 11.5 Å². The number of rotatable bonds is 5. The van der Waals surface area contributed by atoms with Gasteiger partial charge in [0.1, 0.15) is 6.04 Å². The molecule has 0 radical (unpaired) electrons. The lowest BCUT2D eigenvalue weighted by Gasteiger charge is -2.33. The normalized spacial score (nSPS) is 18.9. The maximum absolute atomic E-state index is 12.0. The summed E-state index contributed by atoms with van der Waals surface area (Å²) in [4.78, 5) is 24.3. The third-order valence-electron chi connectivity index (χ3n) is 3.79. The first-order valence-electron chi connectivity index (χ1n) is 7.40. The van der Waals surface area contributed by atoms with Crippen LogP contribution < -0.4 is 0 Å². The molecule has 0 saturated carbocycles. The standard InChI is InChI=1S/C15H20N2O5/c1-2-22-15(19)12-5-3-4-8-16(12)10-11-6-7-14(18)13(9-11)17(20)21/h6-7,9,12,18H,2-5,8,10H2,1H3. The first kappa shape index (κ1) is 16.2. The highest BCUT2D eigenvalue weighted by molar-refractivity contribution is 5.75. The molecule has 1 atom stereocenters. The van der Waals surface area contributed by atoms with E-state index in [-0.39, 0.29) is 23.4 Å². The molecule has 1 aromatic rings. The van der Waals surface area contributed by atoms with Gasteiger partial charge in [-0.3, -0.25) is 19.8 Å². The van der Waals surface area contributed by atoms with E-state index in [9.17, 15) is 20.0 Å². The molecule has 1 aromatic carbocycles. The summed E-state index contributed by atoms with van der Waals surface area (Å²) < 4.78 is 5.10. The number of piperidine rings is 1. The van der Waals surface area contributed by atoms with Gasteiger partial charge in [0.2, 0.25) is 0 Å². The highest BCUT2D eigenvalue weighted by Gasteiger charge is 2.30. The van der Waals surface area contributed by atoms with Crippen molar-refractivity contribution in [2.24, 2.45) is 0 Å². The van der Waals surface area contributed by atoms with Gasteiger partial charge in [0.15, 0.2) is 5.75 Å². The average Bonchev–Trinajstić information content (AvgIpc) is 2.49. The molecular formula is C15H20N2O5. The molecule has 1 fully saturated rings. The number of ether oxygens (including phenoxy) is 1. The van der Waals surface area contributed by atoms with Crippen molar-refractivity contribution in [3.05, 3.63) is 33.9 Å². The Morgan fingerprint density at radius 3 is 2.95 bits per heavy atom. The van der Waals surface area contributed by atoms with E-state index in [1.54, 1.807) is 13.0 Å². The Labute approximate surface area is 128 Å². The summed E-state index contributed by atoms with van der Waals surface area (Å²) in [6.45, 7) is 3.28. The average molecular weight is 308 g/mol. The van der Waals surface area contributed by atoms with Crippen molar-refractivity contribution >= 4 is 11.7 Å². The van der Waals surface area contributed by atoms with E-state index in [1.165, 1.54) is 12.1 Å². The van der Waals surface area contributed by atoms with E-state index in [4.69, 9.17) is 4.74 Å². The van der Waals surface area contributed by atoms with E-state index < -0.39 is 4.92 Å². The van der Waals surface area contributed by atoms with Crippen LogP contribution in [0.25, 0.3) is 0 Å². The number of aromatic hydroxyl groups is 1.